The summed E-state index contributed by atoms with van der Waals surface area (Å²) in [7, 11) is 0. The molecule has 2 aliphatic carbocycles. The molecule has 0 radical (unpaired) electrons. The summed E-state index contributed by atoms with van der Waals surface area (Å²) in [4.78, 5) is 10.4. The Kier molecular flexibility index (Phi) is 5.39. The van der Waals surface area contributed by atoms with Gasteiger partial charge in [0.25, 0.3) is 0 Å². The highest BCUT2D eigenvalue weighted by atomic mass is 16.1. The van der Waals surface area contributed by atoms with E-state index < -0.39 is 0 Å². The van der Waals surface area contributed by atoms with Crippen LogP contribution in [0.4, 0.5) is 0 Å². The number of carbonyl (C=O) groups excluding carboxylic acids is 1. The van der Waals surface area contributed by atoms with E-state index in [0.717, 1.165) is 11.9 Å². The first-order chi connectivity index (χ1) is 10.5. The first kappa shape index (κ1) is 16.7. The van der Waals surface area contributed by atoms with Crippen LogP contribution < -0.4 is 0 Å². The second-order valence-electron chi connectivity index (χ2n) is 7.06. The number of aldehydes is 1. The van der Waals surface area contributed by atoms with Gasteiger partial charge < -0.3 is 0 Å². The Morgan fingerprint density at radius 2 is 1.86 bits per heavy atom. The number of allylic oxidation sites excluding steroid dienone is 10. The summed E-state index contributed by atoms with van der Waals surface area (Å²) < 4.78 is 0. The topological polar surface area (TPSA) is 17.1 Å². The molecule has 0 aromatic heterocycles. The number of carbonyl (C=O) groups is 1. The molecule has 118 valence electrons. The van der Waals surface area contributed by atoms with Gasteiger partial charge in [-0.2, -0.15) is 0 Å². The zero-order valence-corrected chi connectivity index (χ0v) is 14.4. The molecule has 0 amide bonds. The van der Waals surface area contributed by atoms with Crippen molar-refractivity contribution >= 4 is 6.29 Å². The van der Waals surface area contributed by atoms with Crippen molar-refractivity contribution < 1.29 is 4.79 Å². The molecule has 2 aliphatic rings. The molecule has 1 fully saturated rings. The smallest absolute Gasteiger partial charge is 0.143 e. The molecule has 1 saturated carbocycles. The summed E-state index contributed by atoms with van der Waals surface area (Å²) in [6, 6.07) is 0. The molecular formula is C21H28O. The molecule has 22 heavy (non-hydrogen) atoms. The lowest BCUT2D eigenvalue weighted by Crippen LogP contribution is -2.19. The van der Waals surface area contributed by atoms with Gasteiger partial charge in [0.2, 0.25) is 0 Å². The van der Waals surface area contributed by atoms with Gasteiger partial charge in [0.15, 0.2) is 0 Å². The van der Waals surface area contributed by atoms with Crippen LogP contribution in [-0.4, -0.2) is 6.29 Å². The number of hydrogen-bond donors (Lipinski definition) is 0. The molecule has 0 heterocycles. The Labute approximate surface area is 135 Å². The molecule has 0 saturated heterocycles. The van der Waals surface area contributed by atoms with E-state index in [2.05, 4.69) is 32.9 Å². The maximum Gasteiger partial charge on any atom is 0.143 e. The van der Waals surface area contributed by atoms with Crippen molar-refractivity contribution in [3.05, 3.63) is 58.2 Å². The van der Waals surface area contributed by atoms with E-state index in [9.17, 15) is 4.79 Å². The predicted molar refractivity (Wildman–Crippen MR) is 94.7 cm³/mol. The summed E-state index contributed by atoms with van der Waals surface area (Å²) >= 11 is 0. The first-order valence-electron chi connectivity index (χ1n) is 8.34. The van der Waals surface area contributed by atoms with Crippen LogP contribution in [0.3, 0.4) is 0 Å². The van der Waals surface area contributed by atoms with Crippen LogP contribution in [0.5, 0.6) is 0 Å². The highest BCUT2D eigenvalue weighted by Crippen LogP contribution is 2.53. The summed E-state index contributed by atoms with van der Waals surface area (Å²) in [6.45, 7) is 8.85. The van der Waals surface area contributed by atoms with Crippen LogP contribution in [0.2, 0.25) is 0 Å². The average Bonchev–Trinajstić information content (AvgIpc) is 2.77. The summed E-state index contributed by atoms with van der Waals surface area (Å²) in [5.74, 6) is 0. The van der Waals surface area contributed by atoms with Gasteiger partial charge in [0.1, 0.15) is 6.29 Å². The molecule has 1 nitrogen and oxygen atoms in total. The molecule has 2 rings (SSSR count). The van der Waals surface area contributed by atoms with Gasteiger partial charge >= 0.3 is 0 Å². The van der Waals surface area contributed by atoms with Crippen molar-refractivity contribution in [1.29, 1.82) is 0 Å². The fraction of sp³-hybridized carbons (Fsp3) is 0.476. The van der Waals surface area contributed by atoms with Gasteiger partial charge in [0, 0.05) is 0 Å². The molecule has 0 aliphatic heterocycles. The van der Waals surface area contributed by atoms with Crippen LogP contribution in [0.15, 0.2) is 58.2 Å². The second-order valence-corrected chi connectivity index (χ2v) is 7.06. The van der Waals surface area contributed by atoms with E-state index in [1.54, 1.807) is 22.8 Å². The summed E-state index contributed by atoms with van der Waals surface area (Å²) in [5.41, 5.74) is 7.47. The largest absolute Gasteiger partial charge is 0.299 e. The van der Waals surface area contributed by atoms with E-state index in [-0.39, 0.29) is 0 Å². The van der Waals surface area contributed by atoms with Gasteiger partial charge in [-0.25, -0.2) is 0 Å². The molecule has 0 aromatic rings. The van der Waals surface area contributed by atoms with Gasteiger partial charge in [-0.1, -0.05) is 42.4 Å². The van der Waals surface area contributed by atoms with E-state index in [1.165, 1.54) is 37.7 Å². The number of rotatable bonds is 4. The Balaban J connectivity index is 2.19. The van der Waals surface area contributed by atoms with Crippen molar-refractivity contribution in [3.63, 3.8) is 0 Å². The predicted octanol–water partition coefficient (Wildman–Crippen LogP) is 5.86. The van der Waals surface area contributed by atoms with Crippen LogP contribution in [0, 0.1) is 5.41 Å². The molecule has 0 N–H and O–H groups in total. The van der Waals surface area contributed by atoms with Crippen molar-refractivity contribution in [3.8, 4) is 0 Å². The van der Waals surface area contributed by atoms with Crippen molar-refractivity contribution in [2.24, 2.45) is 5.41 Å². The normalized spacial score (nSPS) is 28.6. The van der Waals surface area contributed by atoms with Crippen LogP contribution >= 0.6 is 0 Å². The van der Waals surface area contributed by atoms with E-state index in [1.807, 2.05) is 19.1 Å². The van der Waals surface area contributed by atoms with E-state index in [4.69, 9.17) is 0 Å². The van der Waals surface area contributed by atoms with Crippen molar-refractivity contribution in [2.75, 3.05) is 0 Å². The molecule has 1 atom stereocenters. The Morgan fingerprint density at radius 3 is 2.59 bits per heavy atom. The Bertz CT molecular complexity index is 595. The lowest BCUT2D eigenvalue weighted by molar-refractivity contribution is -0.104. The second kappa shape index (κ2) is 7.09. The molecule has 0 unspecified atom stereocenters. The number of fused-ring (bicyclic) bond motifs is 1. The quantitative estimate of drug-likeness (QED) is 0.361. The fourth-order valence-corrected chi connectivity index (χ4v) is 3.94. The highest BCUT2D eigenvalue weighted by Gasteiger charge is 2.39. The Morgan fingerprint density at radius 1 is 1.09 bits per heavy atom. The third-order valence-electron chi connectivity index (χ3n) is 5.03. The van der Waals surface area contributed by atoms with Gasteiger partial charge in [-0.15, -0.1) is 0 Å². The first-order valence-corrected chi connectivity index (χ1v) is 8.34. The molecule has 0 aromatic carbocycles. The SMILES string of the molecule is CC1=C2\C(=C/C(C)=C/C=C\C(C)=C\C=O)CC[C@]2(C)CCC1. The van der Waals surface area contributed by atoms with Gasteiger partial charge in [-0.05, 0) is 81.1 Å². The minimum atomic E-state index is 0.424. The fourth-order valence-electron chi connectivity index (χ4n) is 3.94. The van der Waals surface area contributed by atoms with Gasteiger partial charge in [0.05, 0.1) is 0 Å². The maximum atomic E-state index is 10.4. The van der Waals surface area contributed by atoms with Crippen LogP contribution in [0.1, 0.15) is 59.8 Å². The molecule has 0 spiro atoms. The Hall–Kier alpha value is -1.63. The molecular weight excluding hydrogens is 268 g/mol. The summed E-state index contributed by atoms with van der Waals surface area (Å²) in [5, 5.41) is 0. The lowest BCUT2D eigenvalue weighted by atomic mass is 9.72. The van der Waals surface area contributed by atoms with Crippen molar-refractivity contribution in [1.82, 2.24) is 0 Å². The molecule has 0 bridgehead atoms. The highest BCUT2D eigenvalue weighted by molar-refractivity contribution is 5.67. The number of hydrogen-bond acceptors (Lipinski definition) is 1. The lowest BCUT2D eigenvalue weighted by Gasteiger charge is -2.32. The van der Waals surface area contributed by atoms with Crippen LogP contribution in [0.25, 0.3) is 0 Å². The minimum absolute atomic E-state index is 0.424. The average molecular weight is 296 g/mol. The van der Waals surface area contributed by atoms with Gasteiger partial charge in [-0.3, -0.25) is 4.79 Å². The third kappa shape index (κ3) is 3.76. The minimum Gasteiger partial charge on any atom is -0.299 e. The monoisotopic (exact) mass is 296 g/mol. The van der Waals surface area contributed by atoms with Crippen LogP contribution in [-0.2, 0) is 4.79 Å². The maximum absolute atomic E-state index is 10.4. The molecule has 1 heteroatoms. The van der Waals surface area contributed by atoms with E-state index >= 15 is 0 Å². The zero-order chi connectivity index (χ0) is 16.2. The zero-order valence-electron chi connectivity index (χ0n) is 14.4. The third-order valence-corrected chi connectivity index (χ3v) is 5.03. The summed E-state index contributed by atoms with van der Waals surface area (Å²) in [6.07, 6.45) is 17.4. The standard InChI is InChI=1S/C21H28O/c1-16(11-14-22)7-5-8-17(2)15-19-10-13-21(4)12-6-9-18(3)20(19)21/h5,7-8,11,14-15H,6,9-10,12-13H2,1-4H3/b7-5-,16-11+,17-8+,19-15-/t21-/m0/s1. The van der Waals surface area contributed by atoms with Crippen molar-refractivity contribution in [2.45, 2.75) is 59.8 Å². The van der Waals surface area contributed by atoms with E-state index in [0.29, 0.717) is 5.41 Å².